The number of carbonyl (C=O) groups excluding carboxylic acids is 4. The Bertz CT molecular complexity index is 2110. The van der Waals surface area contributed by atoms with Crippen LogP contribution < -0.4 is 14.2 Å². The molecular formula is C52H81N3O13. The quantitative estimate of drug-likeness (QED) is 0.0338. The van der Waals surface area contributed by atoms with Crippen LogP contribution >= 0.6 is 0 Å². The lowest BCUT2D eigenvalue weighted by atomic mass is 10.1. The Balaban J connectivity index is -0.00000704. The molecule has 0 spiro atoms. The maximum Gasteiger partial charge on any atom is 0.347 e. The number of carbonyl (C=O) groups is 4. The third-order valence-corrected chi connectivity index (χ3v) is 9.92. The summed E-state index contributed by atoms with van der Waals surface area (Å²) < 4.78 is 27.1. The van der Waals surface area contributed by atoms with E-state index in [0.29, 0.717) is 24.2 Å². The molecular weight excluding hydrogens is 875 g/mol. The van der Waals surface area contributed by atoms with E-state index >= 15 is 0 Å². The number of hydrogen-bond acceptors (Lipinski definition) is 16. The maximum absolute atomic E-state index is 12.7. The number of phenols is 2. The van der Waals surface area contributed by atoms with Crippen molar-refractivity contribution in [3.63, 3.8) is 0 Å². The average molecular weight is 956 g/mol. The first-order valence-electron chi connectivity index (χ1n) is 20.8. The van der Waals surface area contributed by atoms with E-state index in [0.717, 1.165) is 58.3 Å². The number of unbranched alkanes of at least 4 members (excludes halogenated alkanes) is 9. The zero-order chi connectivity index (χ0) is 45.2. The molecule has 0 saturated carbocycles. The number of phenolic OH excluding ortho intramolecular Hbond substituents is 2. The summed E-state index contributed by atoms with van der Waals surface area (Å²) in [7, 11) is 1.55. The molecule has 4 N–H and O–H groups in total. The second-order valence-corrected chi connectivity index (χ2v) is 14.9. The van der Waals surface area contributed by atoms with Gasteiger partial charge < -0.3 is 44.1 Å². The number of methoxy groups -OCH3 is 1. The van der Waals surface area contributed by atoms with Gasteiger partial charge in [0.15, 0.2) is 47.4 Å². The third-order valence-electron chi connectivity index (χ3n) is 9.92. The lowest BCUT2D eigenvalue weighted by molar-refractivity contribution is -0.162. The molecule has 0 radical (unpaired) electrons. The fourth-order valence-electron chi connectivity index (χ4n) is 6.09. The molecule has 4 unspecified atom stereocenters. The molecule has 0 fully saturated rings. The molecule has 0 aliphatic carbocycles. The number of benzene rings is 3. The zero-order valence-corrected chi connectivity index (χ0v) is 35.9. The van der Waals surface area contributed by atoms with Crippen molar-refractivity contribution in [1.82, 2.24) is 15.0 Å². The zero-order valence-electron chi connectivity index (χ0n) is 35.9. The van der Waals surface area contributed by atoms with E-state index in [1.165, 1.54) is 19.1 Å². The molecule has 0 bridgehead atoms. The number of aromatic nitrogens is 3. The molecule has 3 aromatic carbocycles. The lowest BCUT2D eigenvalue weighted by Gasteiger charge is -2.15. The predicted molar refractivity (Wildman–Crippen MR) is 268 cm³/mol. The van der Waals surface area contributed by atoms with Crippen molar-refractivity contribution in [2.45, 2.75) is 161 Å². The van der Waals surface area contributed by atoms with Crippen LogP contribution in [0.15, 0.2) is 60.7 Å². The highest BCUT2D eigenvalue weighted by molar-refractivity contribution is 5.88. The number of esters is 2. The molecule has 1 heterocycles. The first kappa shape index (κ1) is 66.1. The van der Waals surface area contributed by atoms with Gasteiger partial charge in [0.1, 0.15) is 34.9 Å². The Kier molecular flexibility index (Phi) is 32.5. The van der Waals surface area contributed by atoms with E-state index in [1.54, 1.807) is 69.5 Å². The minimum absolute atomic E-state index is 0. The van der Waals surface area contributed by atoms with Crippen molar-refractivity contribution in [3.05, 3.63) is 60.7 Å². The molecule has 0 aliphatic rings. The molecule has 4 aromatic rings. The van der Waals surface area contributed by atoms with Crippen LogP contribution in [0, 0.1) is 0 Å². The van der Waals surface area contributed by atoms with Crippen LogP contribution in [0.5, 0.6) is 28.7 Å². The van der Waals surface area contributed by atoms with Crippen molar-refractivity contribution in [3.8, 4) is 62.9 Å². The van der Waals surface area contributed by atoms with Crippen LogP contribution in [0.2, 0.25) is 0 Å². The highest BCUT2D eigenvalue weighted by atomic mass is 16.6. The molecule has 4 atom stereocenters. The normalized spacial score (nSPS) is 11.9. The van der Waals surface area contributed by atoms with Gasteiger partial charge in [-0.1, -0.05) is 95.9 Å². The van der Waals surface area contributed by atoms with Crippen LogP contribution in [0.3, 0.4) is 0 Å². The van der Waals surface area contributed by atoms with E-state index in [1.807, 2.05) is 0 Å². The SMILES string of the molecule is C.C.C.C.C.C.COc1ccc(-c2nc(-c3ccc(OC(C)C(C)=O)cc3O)nc(-c3ccc(OC(C)C(=O)OCCCCCCCCCCCCOC(=O)C(O)C(O)C(C)=O)cc3O)n2)cc1. The van der Waals surface area contributed by atoms with Crippen molar-refractivity contribution >= 4 is 23.5 Å². The van der Waals surface area contributed by atoms with Crippen molar-refractivity contribution < 1.29 is 63.3 Å². The Morgan fingerprint density at radius 1 is 0.500 bits per heavy atom. The van der Waals surface area contributed by atoms with Gasteiger partial charge in [-0.3, -0.25) is 9.59 Å². The predicted octanol–water partition coefficient (Wildman–Crippen LogP) is 10.5. The standard InChI is InChI=1S/C46H57N3O13.6CH4/c1-28(50)30(3)61-34-20-22-36(38(52)26-34)43-47-42(32-16-18-33(58-5)19-17-32)48-44(49-43)37-23-21-35(27-39(37)53)62-31(4)45(56)59-24-14-12-10-8-6-7-9-11-13-15-25-60-46(57)41(55)40(54)29(2)51;;;;;;/h16-23,26-27,30-31,40-41,52-55H,6-15,24-25H2,1-5H3;6*1H4. The van der Waals surface area contributed by atoms with E-state index in [4.69, 9.17) is 23.7 Å². The van der Waals surface area contributed by atoms with Gasteiger partial charge in [-0.15, -0.1) is 0 Å². The van der Waals surface area contributed by atoms with Gasteiger partial charge in [0.25, 0.3) is 0 Å². The number of aromatic hydroxyl groups is 2. The van der Waals surface area contributed by atoms with Gasteiger partial charge in [0.05, 0.1) is 31.5 Å². The summed E-state index contributed by atoms with van der Waals surface area (Å²) in [6.45, 7) is 6.06. The van der Waals surface area contributed by atoms with Crippen molar-refractivity contribution in [1.29, 1.82) is 0 Å². The van der Waals surface area contributed by atoms with Gasteiger partial charge >= 0.3 is 11.9 Å². The van der Waals surface area contributed by atoms with Gasteiger partial charge in [-0.05, 0) is 89.1 Å². The number of aliphatic hydroxyl groups is 2. The van der Waals surface area contributed by atoms with E-state index < -0.39 is 42.1 Å². The average Bonchev–Trinajstić information content (AvgIpc) is 3.25. The van der Waals surface area contributed by atoms with Crippen LogP contribution in [-0.2, 0) is 28.7 Å². The Morgan fingerprint density at radius 3 is 1.28 bits per heavy atom. The fourth-order valence-corrected chi connectivity index (χ4v) is 6.09. The number of aliphatic hydroxyl groups excluding tert-OH is 2. The smallest absolute Gasteiger partial charge is 0.347 e. The first-order chi connectivity index (χ1) is 29.7. The molecule has 68 heavy (non-hydrogen) atoms. The van der Waals surface area contributed by atoms with Crippen LogP contribution in [0.25, 0.3) is 34.2 Å². The summed E-state index contributed by atoms with van der Waals surface area (Å²) in [5.74, 6) is -1.23. The van der Waals surface area contributed by atoms with Gasteiger partial charge in [-0.25, -0.2) is 24.5 Å². The fraction of sp³-hybridized carbons (Fsp3) is 0.519. The molecule has 4 rings (SSSR count). The summed E-state index contributed by atoms with van der Waals surface area (Å²) >= 11 is 0. The highest BCUT2D eigenvalue weighted by Crippen LogP contribution is 2.36. The van der Waals surface area contributed by atoms with Crippen LogP contribution in [-0.4, -0.2) is 104 Å². The molecule has 0 amide bonds. The molecule has 16 nitrogen and oxygen atoms in total. The monoisotopic (exact) mass is 956 g/mol. The van der Waals surface area contributed by atoms with Gasteiger partial charge in [0.2, 0.25) is 0 Å². The van der Waals surface area contributed by atoms with E-state index in [-0.39, 0.29) is 115 Å². The number of ether oxygens (including phenoxy) is 5. The highest BCUT2D eigenvalue weighted by Gasteiger charge is 2.29. The number of Topliss-reactive ketones (excluding diaryl/α,β-unsaturated/α-hetero) is 2. The molecule has 382 valence electrons. The van der Waals surface area contributed by atoms with Gasteiger partial charge in [0, 0.05) is 17.7 Å². The first-order valence-corrected chi connectivity index (χ1v) is 20.8. The largest absolute Gasteiger partial charge is 0.507 e. The van der Waals surface area contributed by atoms with Crippen molar-refractivity contribution in [2.24, 2.45) is 0 Å². The maximum atomic E-state index is 12.7. The summed E-state index contributed by atoms with van der Waals surface area (Å²) in [5, 5.41) is 41.2. The number of hydrogen-bond donors (Lipinski definition) is 4. The van der Waals surface area contributed by atoms with E-state index in [9.17, 15) is 39.6 Å². The Hall–Kier alpha value is -6.13. The summed E-state index contributed by atoms with van der Waals surface area (Å²) in [5.41, 5.74) is 1.12. The third kappa shape index (κ3) is 20.4. The summed E-state index contributed by atoms with van der Waals surface area (Å²) in [6, 6.07) is 16.0. The number of rotatable bonds is 26. The molecule has 1 aromatic heterocycles. The minimum atomic E-state index is -1.86. The number of nitrogens with zero attached hydrogens (tertiary/aromatic N) is 3. The molecule has 0 aliphatic heterocycles. The van der Waals surface area contributed by atoms with Crippen LogP contribution in [0.4, 0.5) is 0 Å². The Morgan fingerprint density at radius 2 is 0.882 bits per heavy atom. The van der Waals surface area contributed by atoms with Gasteiger partial charge in [-0.2, -0.15) is 0 Å². The molecule has 0 saturated heterocycles. The lowest BCUT2D eigenvalue weighted by Crippen LogP contribution is -2.39. The summed E-state index contributed by atoms with van der Waals surface area (Å²) in [4.78, 5) is 61.0. The van der Waals surface area contributed by atoms with E-state index in [2.05, 4.69) is 15.0 Å². The van der Waals surface area contributed by atoms with Crippen LogP contribution in [0.1, 0.15) is 136 Å². The second-order valence-electron chi connectivity index (χ2n) is 14.9. The molecule has 16 heteroatoms. The topological polar surface area (TPSA) is 234 Å². The minimum Gasteiger partial charge on any atom is -0.507 e. The summed E-state index contributed by atoms with van der Waals surface area (Å²) in [6.07, 6.45) is 4.07. The van der Waals surface area contributed by atoms with Crippen molar-refractivity contribution in [2.75, 3.05) is 20.3 Å². The Labute approximate surface area is 405 Å². The second kappa shape index (κ2) is 33.4. The number of ketones is 2.